The molecule has 2 heterocycles. The number of fused-ring (bicyclic) bond motifs is 1. The Bertz CT molecular complexity index is 686. The van der Waals surface area contributed by atoms with Crippen LogP contribution in [0.1, 0.15) is 63.5 Å². The Morgan fingerprint density at radius 2 is 1.87 bits per heavy atom. The second-order valence-corrected chi connectivity index (χ2v) is 8.54. The van der Waals surface area contributed by atoms with Gasteiger partial charge in [0.1, 0.15) is 0 Å². The van der Waals surface area contributed by atoms with Crippen LogP contribution in [0.3, 0.4) is 0 Å². The van der Waals surface area contributed by atoms with E-state index >= 15 is 0 Å². The monoisotopic (exact) mass is 541 g/mol. The van der Waals surface area contributed by atoms with Crippen LogP contribution in [-0.2, 0) is 17.9 Å². The third-order valence-corrected chi connectivity index (χ3v) is 6.21. The maximum atomic E-state index is 12.5. The summed E-state index contributed by atoms with van der Waals surface area (Å²) in [6, 6.07) is 9.05. The lowest BCUT2D eigenvalue weighted by Crippen LogP contribution is -2.41. The summed E-state index contributed by atoms with van der Waals surface area (Å²) in [5.41, 5.74) is 2.56. The van der Waals surface area contributed by atoms with E-state index in [2.05, 4.69) is 46.5 Å². The number of carbonyl (C=O) groups excluding carboxylic acids is 1. The Kier molecular flexibility index (Phi) is 11.6. The van der Waals surface area contributed by atoms with E-state index < -0.39 is 0 Å². The molecule has 1 fully saturated rings. The van der Waals surface area contributed by atoms with Gasteiger partial charge in [0.25, 0.3) is 0 Å². The van der Waals surface area contributed by atoms with Crippen molar-refractivity contribution in [3.05, 3.63) is 35.4 Å². The quantitative estimate of drug-likeness (QED) is 0.217. The number of halogens is 1. The number of nitrogens with zero attached hydrogens (tertiary/aromatic N) is 3. The molecule has 1 aromatic rings. The molecule has 174 valence electrons. The molecule has 2 aliphatic heterocycles. The molecule has 3 rings (SSSR count). The second-order valence-electron chi connectivity index (χ2n) is 8.54. The predicted octanol–water partition coefficient (Wildman–Crippen LogP) is 3.75. The van der Waals surface area contributed by atoms with Gasteiger partial charge in [0.05, 0.1) is 0 Å². The zero-order chi connectivity index (χ0) is 21.2. The fourth-order valence-electron chi connectivity index (χ4n) is 4.41. The van der Waals surface area contributed by atoms with Crippen LogP contribution < -0.4 is 10.6 Å². The van der Waals surface area contributed by atoms with Crippen molar-refractivity contribution in [2.45, 2.75) is 71.5 Å². The first-order valence-electron chi connectivity index (χ1n) is 11.8. The van der Waals surface area contributed by atoms with Crippen LogP contribution >= 0.6 is 24.0 Å². The molecule has 1 aromatic carbocycles. The van der Waals surface area contributed by atoms with Crippen molar-refractivity contribution in [2.75, 3.05) is 32.7 Å². The zero-order valence-electron chi connectivity index (χ0n) is 19.2. The Hall–Kier alpha value is -1.35. The maximum Gasteiger partial charge on any atom is 0.223 e. The second kappa shape index (κ2) is 13.9. The highest BCUT2D eigenvalue weighted by Crippen LogP contribution is 2.23. The number of carbonyl (C=O) groups is 1. The highest BCUT2D eigenvalue weighted by molar-refractivity contribution is 14.0. The van der Waals surface area contributed by atoms with Gasteiger partial charge in [0.15, 0.2) is 5.96 Å². The van der Waals surface area contributed by atoms with Gasteiger partial charge >= 0.3 is 0 Å². The maximum absolute atomic E-state index is 12.5. The molecule has 1 atom stereocenters. The van der Waals surface area contributed by atoms with Crippen molar-refractivity contribution < 1.29 is 4.79 Å². The normalized spacial score (nSPS) is 19.0. The van der Waals surface area contributed by atoms with Gasteiger partial charge in [-0.2, -0.15) is 0 Å². The number of aliphatic imine (C=N–C) groups is 1. The minimum absolute atomic E-state index is 0. The number of rotatable bonds is 9. The van der Waals surface area contributed by atoms with Crippen molar-refractivity contribution >= 4 is 35.8 Å². The van der Waals surface area contributed by atoms with E-state index in [1.54, 1.807) is 0 Å². The third kappa shape index (κ3) is 8.25. The molecule has 0 bridgehead atoms. The number of piperidine rings is 1. The smallest absolute Gasteiger partial charge is 0.223 e. The van der Waals surface area contributed by atoms with Gasteiger partial charge in [0, 0.05) is 51.7 Å². The van der Waals surface area contributed by atoms with E-state index in [1.807, 2.05) is 17.0 Å². The van der Waals surface area contributed by atoms with Crippen LogP contribution in [0.4, 0.5) is 0 Å². The molecule has 0 saturated carbocycles. The van der Waals surface area contributed by atoms with Crippen LogP contribution in [0, 0.1) is 0 Å². The first kappa shape index (κ1) is 25.9. The van der Waals surface area contributed by atoms with E-state index in [0.717, 1.165) is 57.6 Å². The number of nitrogens with one attached hydrogen (secondary N) is 2. The van der Waals surface area contributed by atoms with Gasteiger partial charge in [-0.3, -0.25) is 9.79 Å². The molecular weight excluding hydrogens is 501 g/mol. The standard InChI is InChI=1S/C24H39N5O.HI/c1-3-25-24(27-15-9-17-28-16-7-6-10-20(28)2)26-14-8-13-23(30)29-18-21-11-4-5-12-22(21)19-29;/h4-5,11-12,20H,3,6-10,13-19H2,1-2H3,(H2,25,26,27);1H. The molecule has 1 saturated heterocycles. The Labute approximate surface area is 205 Å². The fraction of sp³-hybridized carbons (Fsp3) is 0.667. The molecule has 7 heteroatoms. The lowest BCUT2D eigenvalue weighted by molar-refractivity contribution is -0.131. The van der Waals surface area contributed by atoms with Crippen LogP contribution in [0.5, 0.6) is 0 Å². The Morgan fingerprint density at radius 1 is 1.13 bits per heavy atom. The minimum Gasteiger partial charge on any atom is -0.357 e. The van der Waals surface area contributed by atoms with Crippen molar-refractivity contribution in [3.63, 3.8) is 0 Å². The van der Waals surface area contributed by atoms with E-state index in [1.165, 1.54) is 36.9 Å². The SMILES string of the molecule is CCNC(=NCCCC(=O)N1Cc2ccccc2C1)NCCCN1CCCCC1C.I. The summed E-state index contributed by atoms with van der Waals surface area (Å²) in [4.78, 5) is 21.7. The van der Waals surface area contributed by atoms with Gasteiger partial charge in [-0.15, -0.1) is 24.0 Å². The summed E-state index contributed by atoms with van der Waals surface area (Å²) in [6.07, 6.45) is 6.52. The average molecular weight is 542 g/mol. The highest BCUT2D eigenvalue weighted by atomic mass is 127. The molecule has 0 spiro atoms. The van der Waals surface area contributed by atoms with Gasteiger partial charge < -0.3 is 20.4 Å². The number of hydrogen-bond donors (Lipinski definition) is 2. The van der Waals surface area contributed by atoms with E-state index in [-0.39, 0.29) is 29.9 Å². The fourth-order valence-corrected chi connectivity index (χ4v) is 4.41. The average Bonchev–Trinajstić information content (AvgIpc) is 3.19. The van der Waals surface area contributed by atoms with Gasteiger partial charge in [0.2, 0.25) is 5.91 Å². The van der Waals surface area contributed by atoms with Crippen LogP contribution in [0.2, 0.25) is 0 Å². The minimum atomic E-state index is 0. The van der Waals surface area contributed by atoms with Crippen molar-refractivity contribution in [1.29, 1.82) is 0 Å². The third-order valence-electron chi connectivity index (χ3n) is 6.21. The van der Waals surface area contributed by atoms with Gasteiger partial charge in [-0.1, -0.05) is 30.7 Å². The van der Waals surface area contributed by atoms with Crippen LogP contribution in [0.25, 0.3) is 0 Å². The molecule has 2 aliphatic rings. The van der Waals surface area contributed by atoms with E-state index in [9.17, 15) is 4.79 Å². The summed E-state index contributed by atoms with van der Waals surface area (Å²) in [5.74, 6) is 1.10. The highest BCUT2D eigenvalue weighted by Gasteiger charge is 2.22. The number of amides is 1. The first-order chi connectivity index (χ1) is 14.7. The van der Waals surface area contributed by atoms with Crippen molar-refractivity contribution in [3.8, 4) is 0 Å². The van der Waals surface area contributed by atoms with Gasteiger partial charge in [-0.05, 0) is 57.2 Å². The van der Waals surface area contributed by atoms with Crippen LogP contribution in [0.15, 0.2) is 29.3 Å². The molecule has 0 aliphatic carbocycles. The summed E-state index contributed by atoms with van der Waals surface area (Å²) in [6.45, 7) is 10.8. The summed E-state index contributed by atoms with van der Waals surface area (Å²) in [7, 11) is 0. The molecule has 0 aromatic heterocycles. The molecule has 1 unspecified atom stereocenters. The van der Waals surface area contributed by atoms with E-state index in [4.69, 9.17) is 0 Å². The van der Waals surface area contributed by atoms with Gasteiger partial charge in [-0.25, -0.2) is 0 Å². The summed E-state index contributed by atoms with van der Waals surface area (Å²) < 4.78 is 0. The first-order valence-corrected chi connectivity index (χ1v) is 11.8. The predicted molar refractivity (Wildman–Crippen MR) is 139 cm³/mol. The topological polar surface area (TPSA) is 60.0 Å². The number of benzene rings is 1. The number of likely N-dealkylation sites (tertiary alicyclic amines) is 1. The Morgan fingerprint density at radius 3 is 2.55 bits per heavy atom. The molecule has 1 amide bonds. The summed E-state index contributed by atoms with van der Waals surface area (Å²) in [5, 5.41) is 6.76. The largest absolute Gasteiger partial charge is 0.357 e. The van der Waals surface area contributed by atoms with Crippen molar-refractivity contribution in [1.82, 2.24) is 20.4 Å². The molecule has 6 nitrogen and oxygen atoms in total. The van der Waals surface area contributed by atoms with E-state index in [0.29, 0.717) is 13.0 Å². The number of hydrogen-bond acceptors (Lipinski definition) is 3. The van der Waals surface area contributed by atoms with Crippen LogP contribution in [-0.4, -0.2) is 60.4 Å². The summed E-state index contributed by atoms with van der Waals surface area (Å²) >= 11 is 0. The van der Waals surface area contributed by atoms with Crippen molar-refractivity contribution in [2.24, 2.45) is 4.99 Å². The molecule has 31 heavy (non-hydrogen) atoms. The molecule has 2 N–H and O–H groups in total. The lowest BCUT2D eigenvalue weighted by atomic mass is 10.0. The lowest BCUT2D eigenvalue weighted by Gasteiger charge is -2.33. The Balaban J connectivity index is 0.00000341. The zero-order valence-corrected chi connectivity index (χ0v) is 21.6. The molecule has 0 radical (unpaired) electrons. The number of guanidine groups is 1. The molecular formula is C24H40IN5O.